The Balaban J connectivity index is 3.03. The minimum atomic E-state index is -0.877. The molecule has 0 unspecified atom stereocenters. The fourth-order valence-corrected chi connectivity index (χ4v) is 1.32. The van der Waals surface area contributed by atoms with Crippen molar-refractivity contribution in [2.24, 2.45) is 0 Å². The van der Waals surface area contributed by atoms with Crippen LogP contribution < -0.4 is 0 Å². The number of aliphatic carboxylic acids is 1. The lowest BCUT2D eigenvalue weighted by Crippen LogP contribution is -2.01. The van der Waals surface area contributed by atoms with E-state index in [1.54, 1.807) is 12.1 Å². The van der Waals surface area contributed by atoms with E-state index < -0.39 is 5.97 Å². The van der Waals surface area contributed by atoms with Gasteiger partial charge < -0.3 is 5.11 Å². The second-order valence-electron chi connectivity index (χ2n) is 3.03. The number of nitriles is 1. The van der Waals surface area contributed by atoms with Crippen molar-refractivity contribution < 1.29 is 9.90 Å². The van der Waals surface area contributed by atoms with E-state index in [-0.39, 0.29) is 6.42 Å². The van der Waals surface area contributed by atoms with Crippen LogP contribution in [0.25, 0.3) is 0 Å². The summed E-state index contributed by atoms with van der Waals surface area (Å²) in [6.07, 6.45) is 0.759. The first kappa shape index (κ1) is 10.3. The van der Waals surface area contributed by atoms with Gasteiger partial charge >= 0.3 is 5.97 Å². The van der Waals surface area contributed by atoms with E-state index in [4.69, 9.17) is 10.4 Å². The zero-order valence-corrected chi connectivity index (χ0v) is 7.95. The SMILES string of the molecule is CCc1ccc(CC(=O)O)cc1C#N. The van der Waals surface area contributed by atoms with Gasteiger partial charge in [0, 0.05) is 0 Å². The Morgan fingerprint density at radius 1 is 1.57 bits per heavy atom. The van der Waals surface area contributed by atoms with Crippen LogP contribution >= 0.6 is 0 Å². The van der Waals surface area contributed by atoms with E-state index in [0.29, 0.717) is 11.1 Å². The summed E-state index contributed by atoms with van der Waals surface area (Å²) in [7, 11) is 0. The lowest BCUT2D eigenvalue weighted by atomic mass is 10.0. The molecule has 1 rings (SSSR count). The molecule has 0 aliphatic heterocycles. The fourth-order valence-electron chi connectivity index (χ4n) is 1.32. The van der Waals surface area contributed by atoms with Crippen molar-refractivity contribution in [1.29, 1.82) is 5.26 Å². The number of carboxylic acid groups (broad SMARTS) is 1. The molecule has 72 valence electrons. The van der Waals surface area contributed by atoms with Crippen LogP contribution in [-0.4, -0.2) is 11.1 Å². The third-order valence-electron chi connectivity index (χ3n) is 2.03. The molecule has 1 aromatic rings. The molecule has 0 aliphatic rings. The van der Waals surface area contributed by atoms with Crippen molar-refractivity contribution >= 4 is 5.97 Å². The van der Waals surface area contributed by atoms with Crippen LogP contribution in [-0.2, 0) is 17.6 Å². The summed E-state index contributed by atoms with van der Waals surface area (Å²) >= 11 is 0. The third-order valence-corrected chi connectivity index (χ3v) is 2.03. The van der Waals surface area contributed by atoms with Crippen molar-refractivity contribution in [3.05, 3.63) is 34.9 Å². The van der Waals surface area contributed by atoms with Gasteiger partial charge in [0.05, 0.1) is 18.1 Å². The number of rotatable bonds is 3. The van der Waals surface area contributed by atoms with Crippen molar-refractivity contribution in [2.75, 3.05) is 0 Å². The highest BCUT2D eigenvalue weighted by atomic mass is 16.4. The molecule has 3 nitrogen and oxygen atoms in total. The smallest absolute Gasteiger partial charge is 0.307 e. The van der Waals surface area contributed by atoms with Crippen LogP contribution in [0.2, 0.25) is 0 Å². The van der Waals surface area contributed by atoms with E-state index in [2.05, 4.69) is 6.07 Å². The predicted molar refractivity (Wildman–Crippen MR) is 51.9 cm³/mol. The molecule has 0 aromatic heterocycles. The number of carbonyl (C=O) groups is 1. The topological polar surface area (TPSA) is 61.1 Å². The number of nitrogens with zero attached hydrogens (tertiary/aromatic N) is 1. The average Bonchev–Trinajstić information content (AvgIpc) is 2.16. The molecular formula is C11H11NO2. The molecule has 0 saturated carbocycles. The van der Waals surface area contributed by atoms with Gasteiger partial charge in [0.15, 0.2) is 0 Å². The van der Waals surface area contributed by atoms with Gasteiger partial charge in [-0.15, -0.1) is 0 Å². The predicted octanol–water partition coefficient (Wildman–Crippen LogP) is 1.75. The van der Waals surface area contributed by atoms with Crippen molar-refractivity contribution in [2.45, 2.75) is 19.8 Å². The quantitative estimate of drug-likeness (QED) is 0.787. The molecule has 0 spiro atoms. The number of aryl methyl sites for hydroxylation is 1. The van der Waals surface area contributed by atoms with Crippen LogP contribution in [0.1, 0.15) is 23.6 Å². The Morgan fingerprint density at radius 3 is 2.79 bits per heavy atom. The summed E-state index contributed by atoms with van der Waals surface area (Å²) < 4.78 is 0. The molecule has 0 fully saturated rings. The summed E-state index contributed by atoms with van der Waals surface area (Å²) in [6.45, 7) is 1.97. The molecule has 3 heteroatoms. The van der Waals surface area contributed by atoms with Crippen LogP contribution in [0.3, 0.4) is 0 Å². The largest absolute Gasteiger partial charge is 0.481 e. The first-order chi connectivity index (χ1) is 6.67. The molecule has 0 aliphatic carbocycles. The summed E-state index contributed by atoms with van der Waals surface area (Å²) in [4.78, 5) is 10.4. The maximum atomic E-state index is 10.4. The Morgan fingerprint density at radius 2 is 2.29 bits per heavy atom. The van der Waals surface area contributed by atoms with Gasteiger partial charge in [-0.3, -0.25) is 4.79 Å². The molecule has 0 amide bonds. The average molecular weight is 189 g/mol. The number of hydrogen-bond donors (Lipinski definition) is 1. The Bertz CT molecular complexity index is 391. The highest BCUT2D eigenvalue weighted by Crippen LogP contribution is 2.12. The van der Waals surface area contributed by atoms with Crippen molar-refractivity contribution in [3.63, 3.8) is 0 Å². The highest BCUT2D eigenvalue weighted by Gasteiger charge is 2.04. The van der Waals surface area contributed by atoms with Crippen molar-refractivity contribution in [1.82, 2.24) is 0 Å². The minimum absolute atomic E-state index is 0.0291. The van der Waals surface area contributed by atoms with E-state index in [1.165, 1.54) is 0 Å². The summed E-state index contributed by atoms with van der Waals surface area (Å²) in [5.41, 5.74) is 2.21. The standard InChI is InChI=1S/C11H11NO2/c1-2-9-4-3-8(6-11(13)14)5-10(9)7-12/h3-5H,2,6H2,1H3,(H,13,14). The summed E-state index contributed by atoms with van der Waals surface area (Å²) in [6, 6.07) is 7.29. The van der Waals surface area contributed by atoms with Crippen LogP contribution in [0, 0.1) is 11.3 Å². The Labute approximate surface area is 82.6 Å². The van der Waals surface area contributed by atoms with Gasteiger partial charge in [-0.2, -0.15) is 5.26 Å². The molecular weight excluding hydrogens is 178 g/mol. The van der Waals surface area contributed by atoms with Gasteiger partial charge in [0.1, 0.15) is 0 Å². The van der Waals surface area contributed by atoms with E-state index in [9.17, 15) is 4.79 Å². The van der Waals surface area contributed by atoms with Gasteiger partial charge in [-0.05, 0) is 23.6 Å². The molecule has 0 atom stereocenters. The Hall–Kier alpha value is -1.82. The van der Waals surface area contributed by atoms with Gasteiger partial charge in [-0.1, -0.05) is 19.1 Å². The highest BCUT2D eigenvalue weighted by molar-refractivity contribution is 5.70. The molecule has 0 saturated heterocycles. The fraction of sp³-hybridized carbons (Fsp3) is 0.273. The van der Waals surface area contributed by atoms with Crippen LogP contribution in [0.4, 0.5) is 0 Å². The first-order valence-electron chi connectivity index (χ1n) is 4.41. The van der Waals surface area contributed by atoms with Gasteiger partial charge in [0.25, 0.3) is 0 Å². The molecule has 0 bridgehead atoms. The molecule has 0 radical (unpaired) electrons. The monoisotopic (exact) mass is 189 g/mol. The molecule has 1 aromatic carbocycles. The summed E-state index contributed by atoms with van der Waals surface area (Å²) in [5, 5.41) is 17.4. The third kappa shape index (κ3) is 2.33. The summed E-state index contributed by atoms with van der Waals surface area (Å²) in [5.74, 6) is -0.877. The second kappa shape index (κ2) is 4.43. The van der Waals surface area contributed by atoms with Gasteiger partial charge in [0.2, 0.25) is 0 Å². The number of carboxylic acids is 1. The van der Waals surface area contributed by atoms with Crippen LogP contribution in [0.5, 0.6) is 0 Å². The van der Waals surface area contributed by atoms with E-state index in [0.717, 1.165) is 12.0 Å². The van der Waals surface area contributed by atoms with Crippen LogP contribution in [0.15, 0.2) is 18.2 Å². The molecule has 14 heavy (non-hydrogen) atoms. The van der Waals surface area contributed by atoms with Gasteiger partial charge in [-0.25, -0.2) is 0 Å². The molecule has 0 heterocycles. The number of hydrogen-bond acceptors (Lipinski definition) is 2. The number of benzene rings is 1. The zero-order chi connectivity index (χ0) is 10.6. The maximum absolute atomic E-state index is 10.4. The maximum Gasteiger partial charge on any atom is 0.307 e. The lowest BCUT2D eigenvalue weighted by Gasteiger charge is -2.02. The van der Waals surface area contributed by atoms with E-state index >= 15 is 0 Å². The normalized spacial score (nSPS) is 9.43. The minimum Gasteiger partial charge on any atom is -0.481 e. The van der Waals surface area contributed by atoms with E-state index in [1.807, 2.05) is 13.0 Å². The lowest BCUT2D eigenvalue weighted by molar-refractivity contribution is -0.136. The first-order valence-corrected chi connectivity index (χ1v) is 4.41. The zero-order valence-electron chi connectivity index (χ0n) is 7.95. The second-order valence-corrected chi connectivity index (χ2v) is 3.03. The molecule has 1 N–H and O–H groups in total. The Kier molecular flexibility index (Phi) is 3.24. The van der Waals surface area contributed by atoms with Crippen molar-refractivity contribution in [3.8, 4) is 6.07 Å².